The molecule has 1 saturated heterocycles. The normalized spacial score (nSPS) is 19.4. The molecule has 7 nitrogen and oxygen atoms in total. The van der Waals surface area contributed by atoms with Crippen molar-refractivity contribution in [2.24, 2.45) is 0 Å². The number of carbonyl (C=O) groups is 2. The number of hydrogen-bond donors (Lipinski definition) is 1. The number of nitrogens with zero attached hydrogens (tertiary/aromatic N) is 2. The summed E-state index contributed by atoms with van der Waals surface area (Å²) in [5.41, 5.74) is 2.54. The molecule has 1 N–H and O–H groups in total. The van der Waals surface area contributed by atoms with Crippen molar-refractivity contribution in [2.45, 2.75) is 56.4 Å². The van der Waals surface area contributed by atoms with Crippen molar-refractivity contribution < 1.29 is 18.0 Å². The van der Waals surface area contributed by atoms with E-state index in [0.29, 0.717) is 18.7 Å². The largest absolute Gasteiger partial charge is 0.343 e. The zero-order chi connectivity index (χ0) is 23.4. The summed E-state index contributed by atoms with van der Waals surface area (Å²) in [6.45, 7) is 3.21. The average molecular weight is 470 g/mol. The second-order valence-corrected chi connectivity index (χ2v) is 10.7. The highest BCUT2D eigenvalue weighted by Crippen LogP contribution is 2.37. The molecule has 1 atom stereocenters. The van der Waals surface area contributed by atoms with Gasteiger partial charge in [-0.2, -0.15) is 4.31 Å². The Kier molecular flexibility index (Phi) is 7.14. The lowest BCUT2D eigenvalue weighted by atomic mass is 9.92. The summed E-state index contributed by atoms with van der Waals surface area (Å²) in [6, 6.07) is 13.5. The predicted octanol–water partition coefficient (Wildman–Crippen LogP) is 3.73. The maximum atomic E-state index is 13.7. The lowest BCUT2D eigenvalue weighted by molar-refractivity contribution is -0.132. The summed E-state index contributed by atoms with van der Waals surface area (Å²) in [4.78, 5) is 26.6. The smallest absolute Gasteiger partial charge is 0.243 e. The number of carbonyl (C=O) groups excluding carboxylic acids is 2. The fourth-order valence-electron chi connectivity index (χ4n) is 4.79. The molecule has 1 fully saturated rings. The number of anilines is 1. The van der Waals surface area contributed by atoms with Gasteiger partial charge in [0.15, 0.2) is 0 Å². The molecule has 2 aliphatic rings. The Hall–Kier alpha value is -2.71. The topological polar surface area (TPSA) is 86.8 Å². The van der Waals surface area contributed by atoms with Crippen molar-refractivity contribution in [3.63, 3.8) is 0 Å². The van der Waals surface area contributed by atoms with E-state index in [-0.39, 0.29) is 23.1 Å². The molecule has 8 heteroatoms. The number of benzene rings is 2. The van der Waals surface area contributed by atoms with E-state index in [4.69, 9.17) is 0 Å². The second kappa shape index (κ2) is 10.1. The van der Waals surface area contributed by atoms with Gasteiger partial charge < -0.3 is 10.2 Å². The van der Waals surface area contributed by atoms with Crippen molar-refractivity contribution in [3.8, 4) is 0 Å². The summed E-state index contributed by atoms with van der Waals surface area (Å²) < 4.78 is 28.8. The molecule has 1 unspecified atom stereocenters. The lowest BCUT2D eigenvalue weighted by Crippen LogP contribution is -2.43. The Morgan fingerprint density at radius 2 is 1.61 bits per heavy atom. The van der Waals surface area contributed by atoms with Crippen LogP contribution in [-0.2, 0) is 26.0 Å². The molecule has 0 aliphatic carbocycles. The van der Waals surface area contributed by atoms with Gasteiger partial charge in [0.2, 0.25) is 21.8 Å². The highest BCUT2D eigenvalue weighted by Gasteiger charge is 2.38. The number of nitrogens with one attached hydrogen (secondary N) is 1. The molecule has 0 saturated carbocycles. The number of sulfonamides is 1. The highest BCUT2D eigenvalue weighted by atomic mass is 32.2. The third-order valence-corrected chi connectivity index (χ3v) is 8.39. The van der Waals surface area contributed by atoms with Crippen LogP contribution in [0.15, 0.2) is 53.4 Å². The van der Waals surface area contributed by atoms with Gasteiger partial charge in [-0.1, -0.05) is 37.1 Å². The van der Waals surface area contributed by atoms with Crippen molar-refractivity contribution >= 4 is 27.5 Å². The molecular weight excluding hydrogens is 438 g/mol. The van der Waals surface area contributed by atoms with Crippen LogP contribution in [0.5, 0.6) is 0 Å². The van der Waals surface area contributed by atoms with Crippen LogP contribution in [0.4, 0.5) is 5.69 Å². The quantitative estimate of drug-likeness (QED) is 0.723. The van der Waals surface area contributed by atoms with Crippen LogP contribution in [0.25, 0.3) is 0 Å². The van der Waals surface area contributed by atoms with Crippen LogP contribution in [0.1, 0.15) is 56.2 Å². The number of likely N-dealkylation sites (tertiary alicyclic amines) is 1. The molecule has 2 amide bonds. The van der Waals surface area contributed by atoms with E-state index in [0.717, 1.165) is 49.9 Å². The highest BCUT2D eigenvalue weighted by molar-refractivity contribution is 7.89. The minimum absolute atomic E-state index is 0.0137. The number of hydrogen-bond acceptors (Lipinski definition) is 4. The van der Waals surface area contributed by atoms with Gasteiger partial charge in [-0.15, -0.1) is 0 Å². The van der Waals surface area contributed by atoms with E-state index < -0.39 is 16.1 Å². The summed E-state index contributed by atoms with van der Waals surface area (Å²) in [7, 11) is -3.83. The van der Waals surface area contributed by atoms with Gasteiger partial charge in [-0.25, -0.2) is 8.42 Å². The molecule has 0 radical (unpaired) electrons. The van der Waals surface area contributed by atoms with Crippen LogP contribution in [0.3, 0.4) is 0 Å². The first kappa shape index (κ1) is 23.4. The van der Waals surface area contributed by atoms with Crippen molar-refractivity contribution in [1.82, 2.24) is 9.21 Å². The van der Waals surface area contributed by atoms with E-state index in [1.54, 1.807) is 12.1 Å². The molecule has 176 valence electrons. The fraction of sp³-hybridized carbons (Fsp3) is 0.440. The van der Waals surface area contributed by atoms with Gasteiger partial charge >= 0.3 is 0 Å². The predicted molar refractivity (Wildman–Crippen MR) is 127 cm³/mol. The first-order valence-corrected chi connectivity index (χ1v) is 13.1. The fourth-order valence-corrected chi connectivity index (χ4v) is 6.40. The Morgan fingerprint density at radius 3 is 2.27 bits per heavy atom. The lowest BCUT2D eigenvalue weighted by Gasteiger charge is -2.37. The monoisotopic (exact) mass is 469 g/mol. The molecule has 33 heavy (non-hydrogen) atoms. The third-order valence-electron chi connectivity index (χ3n) is 6.47. The van der Waals surface area contributed by atoms with Crippen molar-refractivity contribution in [1.29, 1.82) is 0 Å². The van der Waals surface area contributed by atoms with E-state index in [2.05, 4.69) is 5.32 Å². The first-order valence-electron chi connectivity index (χ1n) is 11.6. The molecule has 2 aromatic carbocycles. The Balaban J connectivity index is 1.63. The van der Waals surface area contributed by atoms with E-state index in [1.807, 2.05) is 29.2 Å². The van der Waals surface area contributed by atoms with Crippen molar-refractivity contribution in [3.05, 3.63) is 59.7 Å². The molecule has 4 rings (SSSR count). The van der Waals surface area contributed by atoms with Crippen LogP contribution in [0.2, 0.25) is 0 Å². The number of rotatable bonds is 5. The zero-order valence-corrected chi connectivity index (χ0v) is 19.8. The Morgan fingerprint density at radius 1 is 0.939 bits per heavy atom. The summed E-state index contributed by atoms with van der Waals surface area (Å²) >= 11 is 0. The van der Waals surface area contributed by atoms with Crippen LogP contribution in [-0.4, -0.2) is 49.1 Å². The second-order valence-electron chi connectivity index (χ2n) is 8.79. The molecule has 0 aromatic heterocycles. The molecule has 2 heterocycles. The SMILES string of the molecule is CC(=O)Nc1ccc(S(=O)(=O)N2CCc3ccccc3C2CC(=O)N2CCCCCC2)cc1. The van der Waals surface area contributed by atoms with Gasteiger partial charge in [0.25, 0.3) is 0 Å². The van der Waals surface area contributed by atoms with Crippen LogP contribution in [0, 0.1) is 0 Å². The maximum Gasteiger partial charge on any atom is 0.243 e. The molecule has 0 spiro atoms. The average Bonchev–Trinajstić information content (AvgIpc) is 3.09. The van der Waals surface area contributed by atoms with Gasteiger partial charge in [0.1, 0.15) is 0 Å². The van der Waals surface area contributed by atoms with Crippen molar-refractivity contribution in [2.75, 3.05) is 25.0 Å². The Labute approximate surface area is 195 Å². The van der Waals surface area contributed by atoms with Crippen LogP contribution >= 0.6 is 0 Å². The molecular formula is C25H31N3O4S. The van der Waals surface area contributed by atoms with Crippen LogP contribution < -0.4 is 5.32 Å². The van der Waals surface area contributed by atoms with Gasteiger partial charge in [0, 0.05) is 38.7 Å². The minimum atomic E-state index is -3.83. The summed E-state index contributed by atoms with van der Waals surface area (Å²) in [5.74, 6) is -0.204. The van der Waals surface area contributed by atoms with E-state index >= 15 is 0 Å². The van der Waals surface area contributed by atoms with Gasteiger partial charge in [0.05, 0.1) is 10.9 Å². The van der Waals surface area contributed by atoms with Gasteiger partial charge in [-0.3, -0.25) is 9.59 Å². The van der Waals surface area contributed by atoms with E-state index in [1.165, 1.54) is 23.4 Å². The van der Waals surface area contributed by atoms with Gasteiger partial charge in [-0.05, 0) is 54.7 Å². The number of fused-ring (bicyclic) bond motifs is 1. The molecule has 2 aliphatic heterocycles. The third kappa shape index (κ3) is 5.28. The minimum Gasteiger partial charge on any atom is -0.343 e. The number of amides is 2. The first-order chi connectivity index (χ1) is 15.9. The molecule has 0 bridgehead atoms. The molecule has 2 aromatic rings. The Bertz CT molecular complexity index is 1110. The standard InChI is InChI=1S/C25H31N3O4S/c1-19(29)26-21-10-12-22(13-11-21)33(31,32)28-17-14-20-8-4-5-9-23(20)24(28)18-25(30)27-15-6-2-3-7-16-27/h4-5,8-13,24H,2-3,6-7,14-18H2,1H3,(H,26,29). The summed E-state index contributed by atoms with van der Waals surface area (Å²) in [6.07, 6.45) is 5.00. The maximum absolute atomic E-state index is 13.7. The van der Waals surface area contributed by atoms with E-state index in [9.17, 15) is 18.0 Å². The summed E-state index contributed by atoms with van der Waals surface area (Å²) in [5, 5.41) is 2.65. The zero-order valence-electron chi connectivity index (χ0n) is 19.0.